The summed E-state index contributed by atoms with van der Waals surface area (Å²) in [6.45, 7) is 1.71. The number of aromatic nitrogens is 3. The lowest BCUT2D eigenvalue weighted by atomic mass is 10.0. The number of piperidine rings is 1. The second-order valence-electron chi connectivity index (χ2n) is 4.06. The molecule has 1 saturated heterocycles. The monoisotopic (exact) mass is 257 g/mol. The van der Waals surface area contributed by atoms with Crippen LogP contribution in [-0.4, -0.2) is 42.4 Å². The lowest BCUT2D eigenvalue weighted by Crippen LogP contribution is -2.35. The van der Waals surface area contributed by atoms with Crippen LogP contribution in [0.3, 0.4) is 0 Å². The molecule has 1 aliphatic heterocycles. The van der Waals surface area contributed by atoms with Gasteiger partial charge in [-0.15, -0.1) is 5.10 Å². The fraction of sp³-hybridized carbons (Fsp3) is 0.667. The molecule has 17 heavy (non-hydrogen) atoms. The zero-order chi connectivity index (χ0) is 12.1. The van der Waals surface area contributed by atoms with Gasteiger partial charge < -0.3 is 5.32 Å². The van der Waals surface area contributed by atoms with Gasteiger partial charge in [0.1, 0.15) is 0 Å². The van der Waals surface area contributed by atoms with Gasteiger partial charge in [-0.25, -0.2) is 18.1 Å². The molecule has 0 spiro atoms. The number of hydrogen-bond donors (Lipinski definition) is 2. The summed E-state index contributed by atoms with van der Waals surface area (Å²) in [5.74, 6) is 0.271. The molecular weight excluding hydrogens is 242 g/mol. The van der Waals surface area contributed by atoms with Crippen LogP contribution in [0.5, 0.6) is 0 Å². The molecule has 0 aliphatic carbocycles. The molecule has 2 N–H and O–H groups in total. The van der Waals surface area contributed by atoms with E-state index in [1.165, 1.54) is 12.4 Å². The van der Waals surface area contributed by atoms with E-state index in [1.807, 2.05) is 0 Å². The van der Waals surface area contributed by atoms with E-state index in [0.29, 0.717) is 0 Å². The van der Waals surface area contributed by atoms with Gasteiger partial charge in [-0.2, -0.15) is 5.10 Å². The van der Waals surface area contributed by atoms with Gasteiger partial charge in [0.15, 0.2) is 0 Å². The fourth-order valence-corrected chi connectivity index (χ4v) is 3.21. The summed E-state index contributed by atoms with van der Waals surface area (Å²) in [5.41, 5.74) is 0. The number of nitrogens with zero attached hydrogens (tertiary/aromatic N) is 3. The number of sulfonamides is 1. The minimum Gasteiger partial charge on any atom is -0.316 e. The Morgan fingerprint density at radius 3 is 3.00 bits per heavy atom. The summed E-state index contributed by atoms with van der Waals surface area (Å²) in [6.07, 6.45) is 4.74. The summed E-state index contributed by atoms with van der Waals surface area (Å²) in [6, 6.07) is 0. The van der Waals surface area contributed by atoms with Gasteiger partial charge >= 0.3 is 0 Å². The second-order valence-corrected chi connectivity index (χ2v) is 5.83. The molecule has 0 radical (unpaired) electrons. The molecule has 94 valence electrons. The normalized spacial score (nSPS) is 21.1. The molecule has 2 rings (SSSR count). The van der Waals surface area contributed by atoms with E-state index >= 15 is 0 Å². The van der Waals surface area contributed by atoms with E-state index in [-0.39, 0.29) is 17.6 Å². The van der Waals surface area contributed by atoms with Gasteiger partial charge in [-0.3, -0.25) is 0 Å². The first kappa shape index (κ1) is 12.2. The van der Waals surface area contributed by atoms with Crippen molar-refractivity contribution in [2.45, 2.75) is 12.8 Å². The minimum atomic E-state index is -3.39. The molecule has 0 saturated carbocycles. The molecule has 0 aromatic carbocycles. The zero-order valence-electron chi connectivity index (χ0n) is 9.33. The van der Waals surface area contributed by atoms with Crippen molar-refractivity contribution in [2.24, 2.45) is 5.92 Å². The third kappa shape index (κ3) is 3.90. The van der Waals surface area contributed by atoms with Crippen LogP contribution >= 0.6 is 0 Å². The van der Waals surface area contributed by atoms with E-state index in [2.05, 4.69) is 25.2 Å². The van der Waals surface area contributed by atoms with Crippen molar-refractivity contribution in [1.82, 2.24) is 20.5 Å². The average molecular weight is 257 g/mol. The molecule has 1 fully saturated rings. The Bertz CT molecular complexity index is 444. The Balaban J connectivity index is 1.94. The van der Waals surface area contributed by atoms with E-state index in [0.717, 1.165) is 25.9 Å². The van der Waals surface area contributed by atoms with Gasteiger partial charge in [-0.1, -0.05) is 0 Å². The molecule has 0 amide bonds. The number of hydrogen-bond acceptors (Lipinski definition) is 6. The topological polar surface area (TPSA) is 96.9 Å². The van der Waals surface area contributed by atoms with Crippen molar-refractivity contribution in [1.29, 1.82) is 0 Å². The van der Waals surface area contributed by atoms with Crippen LogP contribution in [0.2, 0.25) is 0 Å². The van der Waals surface area contributed by atoms with Crippen molar-refractivity contribution in [3.05, 3.63) is 12.4 Å². The highest BCUT2D eigenvalue weighted by Gasteiger charge is 2.21. The number of nitrogens with one attached hydrogen (secondary N) is 2. The summed E-state index contributed by atoms with van der Waals surface area (Å²) >= 11 is 0. The molecule has 1 unspecified atom stereocenters. The Kier molecular flexibility index (Phi) is 3.85. The Labute approximate surface area is 100 Å². The highest BCUT2D eigenvalue weighted by molar-refractivity contribution is 7.92. The van der Waals surface area contributed by atoms with Crippen LogP contribution in [-0.2, 0) is 10.0 Å². The van der Waals surface area contributed by atoms with Crippen LogP contribution in [0.25, 0.3) is 0 Å². The largest absolute Gasteiger partial charge is 0.316 e. The van der Waals surface area contributed by atoms with Gasteiger partial charge in [0.2, 0.25) is 10.0 Å². The Hall–Kier alpha value is -1.28. The van der Waals surface area contributed by atoms with Crippen LogP contribution < -0.4 is 10.0 Å². The van der Waals surface area contributed by atoms with Crippen molar-refractivity contribution < 1.29 is 8.42 Å². The summed E-state index contributed by atoms with van der Waals surface area (Å²) in [5, 5.41) is 10.3. The average Bonchev–Trinajstić information content (AvgIpc) is 2.30. The number of anilines is 1. The van der Waals surface area contributed by atoms with Gasteiger partial charge in [0.05, 0.1) is 18.1 Å². The van der Waals surface area contributed by atoms with Crippen LogP contribution in [0.4, 0.5) is 5.95 Å². The van der Waals surface area contributed by atoms with Crippen molar-refractivity contribution in [3.8, 4) is 0 Å². The third-order valence-electron chi connectivity index (χ3n) is 2.58. The van der Waals surface area contributed by atoms with E-state index in [1.54, 1.807) is 0 Å². The van der Waals surface area contributed by atoms with Crippen LogP contribution in [0.1, 0.15) is 12.8 Å². The van der Waals surface area contributed by atoms with Gasteiger partial charge in [0.25, 0.3) is 5.95 Å². The molecule has 7 nitrogen and oxygen atoms in total. The van der Waals surface area contributed by atoms with Crippen LogP contribution in [0, 0.1) is 5.92 Å². The maximum atomic E-state index is 11.8. The lowest BCUT2D eigenvalue weighted by Gasteiger charge is -2.22. The summed E-state index contributed by atoms with van der Waals surface area (Å²) in [4.78, 5) is 3.78. The van der Waals surface area contributed by atoms with Crippen molar-refractivity contribution >= 4 is 16.0 Å². The molecular formula is C9H15N5O2S. The first-order chi connectivity index (χ1) is 8.16. The quantitative estimate of drug-likeness (QED) is 0.762. The maximum absolute atomic E-state index is 11.8. The first-order valence-electron chi connectivity index (χ1n) is 5.50. The molecule has 1 aromatic heterocycles. The fourth-order valence-electron chi connectivity index (χ4n) is 1.85. The molecule has 1 atom stereocenters. The highest BCUT2D eigenvalue weighted by atomic mass is 32.2. The third-order valence-corrected chi connectivity index (χ3v) is 3.99. The zero-order valence-corrected chi connectivity index (χ0v) is 10.2. The lowest BCUT2D eigenvalue weighted by molar-refractivity contribution is 0.404. The number of rotatable bonds is 4. The smallest absolute Gasteiger partial charge is 0.256 e. The highest BCUT2D eigenvalue weighted by Crippen LogP contribution is 2.13. The van der Waals surface area contributed by atoms with Gasteiger partial charge in [-0.05, 0) is 31.8 Å². The van der Waals surface area contributed by atoms with Crippen molar-refractivity contribution in [2.75, 3.05) is 23.6 Å². The molecule has 0 bridgehead atoms. The standard InChI is InChI=1S/C9H15N5O2S/c15-17(16,7-8-2-1-3-10-6-8)14-9-11-4-5-12-13-9/h4-5,8,10H,1-3,6-7H2,(H,11,13,14). The molecule has 1 aliphatic rings. The SMILES string of the molecule is O=S(=O)(CC1CCCNC1)Nc1nccnn1. The predicted molar refractivity (Wildman–Crippen MR) is 62.8 cm³/mol. The minimum absolute atomic E-state index is 0.0243. The predicted octanol–water partition coefficient (Wildman–Crippen LogP) is -0.387. The van der Waals surface area contributed by atoms with E-state index in [9.17, 15) is 8.42 Å². The van der Waals surface area contributed by atoms with Crippen molar-refractivity contribution in [3.63, 3.8) is 0 Å². The molecule has 8 heteroatoms. The van der Waals surface area contributed by atoms with E-state index < -0.39 is 10.0 Å². The molecule has 2 heterocycles. The Morgan fingerprint density at radius 2 is 2.35 bits per heavy atom. The molecule has 1 aromatic rings. The summed E-state index contributed by atoms with van der Waals surface area (Å²) in [7, 11) is -3.39. The van der Waals surface area contributed by atoms with E-state index in [4.69, 9.17) is 0 Å². The summed E-state index contributed by atoms with van der Waals surface area (Å²) < 4.78 is 26.0. The second kappa shape index (κ2) is 5.37. The van der Waals surface area contributed by atoms with Crippen LogP contribution in [0.15, 0.2) is 12.4 Å². The first-order valence-corrected chi connectivity index (χ1v) is 7.16. The van der Waals surface area contributed by atoms with Gasteiger partial charge in [0, 0.05) is 0 Å². The maximum Gasteiger partial charge on any atom is 0.256 e. The Morgan fingerprint density at radius 1 is 1.47 bits per heavy atom.